The maximum absolute atomic E-state index is 15.1. The topological polar surface area (TPSA) is 126 Å². The minimum atomic E-state index is -0.885. The molecule has 0 radical (unpaired) electrons. The average Bonchev–Trinajstić information content (AvgIpc) is 3.05. The van der Waals surface area contributed by atoms with Gasteiger partial charge in [0.2, 0.25) is 0 Å². The van der Waals surface area contributed by atoms with E-state index < -0.39 is 28.9 Å². The number of pyridine rings is 1. The molecule has 1 aliphatic rings. The summed E-state index contributed by atoms with van der Waals surface area (Å²) < 4.78 is 15.1. The van der Waals surface area contributed by atoms with Gasteiger partial charge in [-0.15, -0.1) is 0 Å². The van der Waals surface area contributed by atoms with E-state index in [0.717, 1.165) is 12.8 Å². The number of phenolic OH excluding ortho intramolecular Hbond substituents is 1. The summed E-state index contributed by atoms with van der Waals surface area (Å²) in [5.74, 6) is -2.37. The molecule has 34 heavy (non-hydrogen) atoms. The minimum Gasteiger partial charge on any atom is -0.507 e. The average molecular weight is 464 g/mol. The molecule has 1 fully saturated rings. The second-order valence-electron chi connectivity index (χ2n) is 8.44. The number of likely N-dealkylation sites (tertiary alicyclic amines) is 1. The molecule has 0 bridgehead atoms. The van der Waals surface area contributed by atoms with Crippen molar-refractivity contribution in [2.45, 2.75) is 32.2 Å². The standard InChI is InChI=1S/C25H25FN4O4/c1-14-4-5-17-13-19(31)20(21(26)22(17)28-14)23(32)15-6-8-16(9-7-15)24(33)29-18-3-2-11-30(12-10-18)25(27)34/h4-9,13,18,31H,2-3,10-12H2,1H3,(H2,27,34)(H,29,33)/t18-/m0/s1. The second-order valence-corrected chi connectivity index (χ2v) is 8.44. The number of phenols is 1. The van der Waals surface area contributed by atoms with E-state index in [0.29, 0.717) is 36.2 Å². The first-order valence-electron chi connectivity index (χ1n) is 11.0. The number of primary amides is 1. The molecule has 2 heterocycles. The van der Waals surface area contributed by atoms with E-state index >= 15 is 4.39 Å². The molecular weight excluding hydrogens is 439 g/mol. The molecule has 1 aliphatic heterocycles. The summed E-state index contributed by atoms with van der Waals surface area (Å²) in [5.41, 5.74) is 5.94. The van der Waals surface area contributed by atoms with Gasteiger partial charge < -0.3 is 21.1 Å². The Balaban J connectivity index is 1.50. The lowest BCUT2D eigenvalue weighted by atomic mass is 9.98. The Hall–Kier alpha value is -4.01. The van der Waals surface area contributed by atoms with Gasteiger partial charge in [-0.2, -0.15) is 0 Å². The molecule has 1 aromatic heterocycles. The Bertz CT molecular complexity index is 1280. The second kappa shape index (κ2) is 9.46. The van der Waals surface area contributed by atoms with E-state index in [2.05, 4.69) is 10.3 Å². The van der Waals surface area contributed by atoms with Gasteiger partial charge in [-0.3, -0.25) is 14.6 Å². The van der Waals surface area contributed by atoms with E-state index in [1.807, 2.05) is 0 Å². The van der Waals surface area contributed by atoms with E-state index in [1.165, 1.54) is 30.3 Å². The number of aromatic nitrogens is 1. The van der Waals surface area contributed by atoms with Crippen LogP contribution in [0.5, 0.6) is 5.75 Å². The smallest absolute Gasteiger partial charge is 0.314 e. The molecule has 2 aromatic carbocycles. The highest BCUT2D eigenvalue weighted by Crippen LogP contribution is 2.30. The Labute approximate surface area is 195 Å². The van der Waals surface area contributed by atoms with Crippen LogP contribution in [0.15, 0.2) is 42.5 Å². The lowest BCUT2D eigenvalue weighted by Gasteiger charge is -2.18. The molecule has 1 atom stereocenters. The normalized spacial score (nSPS) is 16.2. The zero-order chi connectivity index (χ0) is 24.4. The van der Waals surface area contributed by atoms with Crippen molar-refractivity contribution in [2.75, 3.05) is 13.1 Å². The number of fused-ring (bicyclic) bond motifs is 1. The molecule has 4 rings (SSSR count). The summed E-state index contributed by atoms with van der Waals surface area (Å²) in [4.78, 5) is 42.7. The molecule has 4 N–H and O–H groups in total. The van der Waals surface area contributed by atoms with Crippen LogP contribution in [0.1, 0.15) is 51.2 Å². The molecular formula is C25H25FN4O4. The van der Waals surface area contributed by atoms with Crippen LogP contribution < -0.4 is 11.1 Å². The fourth-order valence-electron chi connectivity index (χ4n) is 4.17. The van der Waals surface area contributed by atoms with E-state index in [-0.39, 0.29) is 23.0 Å². The summed E-state index contributed by atoms with van der Waals surface area (Å²) in [6.07, 6.45) is 2.05. The Morgan fingerprint density at radius 1 is 1.09 bits per heavy atom. The van der Waals surface area contributed by atoms with Gasteiger partial charge in [0.1, 0.15) is 16.8 Å². The van der Waals surface area contributed by atoms with Gasteiger partial charge in [0.25, 0.3) is 5.91 Å². The predicted octanol–water partition coefficient (Wildman–Crippen LogP) is 3.28. The number of nitrogens with one attached hydrogen (secondary N) is 1. The number of hydrogen-bond acceptors (Lipinski definition) is 5. The molecule has 0 aliphatic carbocycles. The van der Waals surface area contributed by atoms with Crippen LogP contribution in [0.3, 0.4) is 0 Å². The zero-order valence-electron chi connectivity index (χ0n) is 18.7. The van der Waals surface area contributed by atoms with Gasteiger partial charge in [0, 0.05) is 41.3 Å². The maximum Gasteiger partial charge on any atom is 0.314 e. The SMILES string of the molecule is Cc1ccc2cc(O)c(C(=O)c3ccc(C(=O)N[C@H]4CCCN(C(N)=O)CC4)cc3)c(F)c2n1. The first-order valence-corrected chi connectivity index (χ1v) is 11.0. The van der Waals surface area contributed by atoms with E-state index in [4.69, 9.17) is 5.73 Å². The molecule has 176 valence electrons. The Morgan fingerprint density at radius 2 is 1.79 bits per heavy atom. The zero-order valence-corrected chi connectivity index (χ0v) is 18.7. The van der Waals surface area contributed by atoms with Gasteiger partial charge in [0.05, 0.1) is 0 Å². The van der Waals surface area contributed by atoms with Gasteiger partial charge >= 0.3 is 6.03 Å². The number of halogens is 1. The molecule has 3 amide bonds. The number of ketones is 1. The third-order valence-electron chi connectivity index (χ3n) is 6.05. The van der Waals surface area contributed by atoms with Crippen molar-refractivity contribution in [3.05, 3.63) is 70.7 Å². The van der Waals surface area contributed by atoms with Crippen molar-refractivity contribution < 1.29 is 23.9 Å². The molecule has 0 saturated carbocycles. The highest BCUT2D eigenvalue weighted by molar-refractivity contribution is 6.13. The Morgan fingerprint density at radius 3 is 2.50 bits per heavy atom. The Kier molecular flexibility index (Phi) is 6.45. The number of rotatable bonds is 4. The van der Waals surface area contributed by atoms with E-state index in [9.17, 15) is 19.5 Å². The van der Waals surface area contributed by atoms with Gasteiger partial charge in [-0.25, -0.2) is 9.18 Å². The van der Waals surface area contributed by atoms with Crippen LogP contribution in [0.25, 0.3) is 10.9 Å². The van der Waals surface area contributed by atoms with Gasteiger partial charge in [-0.1, -0.05) is 18.2 Å². The van der Waals surface area contributed by atoms with Crippen molar-refractivity contribution in [2.24, 2.45) is 5.73 Å². The van der Waals surface area contributed by atoms with Crippen molar-refractivity contribution in [3.63, 3.8) is 0 Å². The predicted molar refractivity (Wildman–Crippen MR) is 124 cm³/mol. The van der Waals surface area contributed by atoms with Gasteiger partial charge in [0.15, 0.2) is 11.6 Å². The summed E-state index contributed by atoms with van der Waals surface area (Å²) in [5, 5.41) is 13.6. The first kappa shape index (κ1) is 23.2. The number of nitrogens with zero attached hydrogens (tertiary/aromatic N) is 2. The number of aryl methyl sites for hydroxylation is 1. The summed E-state index contributed by atoms with van der Waals surface area (Å²) in [6, 6.07) is 9.87. The molecule has 0 unspecified atom stereocenters. The lowest BCUT2D eigenvalue weighted by Crippen LogP contribution is -2.38. The van der Waals surface area contributed by atoms with Crippen molar-refractivity contribution in [1.82, 2.24) is 15.2 Å². The fraction of sp³-hybridized carbons (Fsp3) is 0.280. The van der Waals surface area contributed by atoms with Crippen molar-refractivity contribution in [1.29, 1.82) is 0 Å². The summed E-state index contributed by atoms with van der Waals surface area (Å²) in [6.45, 7) is 2.74. The van der Waals surface area contributed by atoms with Crippen LogP contribution in [-0.2, 0) is 0 Å². The van der Waals surface area contributed by atoms with Crippen LogP contribution in [0.4, 0.5) is 9.18 Å². The quantitative estimate of drug-likeness (QED) is 0.511. The molecule has 3 aromatic rings. The van der Waals surface area contributed by atoms with E-state index in [1.54, 1.807) is 24.0 Å². The first-order chi connectivity index (χ1) is 16.2. The number of urea groups is 1. The monoisotopic (exact) mass is 464 g/mol. The number of aromatic hydroxyl groups is 1. The molecule has 0 spiro atoms. The number of nitrogens with two attached hydrogens (primary N) is 1. The lowest BCUT2D eigenvalue weighted by molar-refractivity contribution is 0.0932. The third kappa shape index (κ3) is 4.68. The number of amides is 3. The number of carbonyl (C=O) groups excluding carboxylic acids is 3. The highest BCUT2D eigenvalue weighted by atomic mass is 19.1. The molecule has 8 nitrogen and oxygen atoms in total. The van der Waals surface area contributed by atoms with Crippen LogP contribution in [0, 0.1) is 12.7 Å². The molecule has 1 saturated heterocycles. The molecule has 9 heteroatoms. The van der Waals surface area contributed by atoms with Crippen molar-refractivity contribution >= 4 is 28.6 Å². The van der Waals surface area contributed by atoms with Crippen LogP contribution in [0.2, 0.25) is 0 Å². The van der Waals surface area contributed by atoms with Crippen LogP contribution >= 0.6 is 0 Å². The number of benzene rings is 2. The number of carbonyl (C=O) groups is 3. The number of hydrogen-bond donors (Lipinski definition) is 3. The summed E-state index contributed by atoms with van der Waals surface area (Å²) >= 11 is 0. The van der Waals surface area contributed by atoms with Crippen molar-refractivity contribution in [3.8, 4) is 5.75 Å². The summed E-state index contributed by atoms with van der Waals surface area (Å²) in [7, 11) is 0. The van der Waals surface area contributed by atoms with Crippen LogP contribution in [-0.4, -0.2) is 51.8 Å². The van der Waals surface area contributed by atoms with Gasteiger partial charge in [-0.05, 0) is 50.5 Å². The highest BCUT2D eigenvalue weighted by Gasteiger charge is 2.24. The third-order valence-corrected chi connectivity index (χ3v) is 6.05. The fourth-order valence-corrected chi connectivity index (χ4v) is 4.17. The largest absolute Gasteiger partial charge is 0.507 e. The maximum atomic E-state index is 15.1. The minimum absolute atomic E-state index is 0.00968.